The molecule has 6 nitrogen and oxygen atoms in total. The molecule has 0 saturated heterocycles. The van der Waals surface area contributed by atoms with Crippen molar-refractivity contribution in [2.75, 3.05) is 13.3 Å². The van der Waals surface area contributed by atoms with Crippen LogP contribution in [0.2, 0.25) is 0 Å². The molecule has 0 radical (unpaired) electrons. The van der Waals surface area contributed by atoms with Crippen molar-refractivity contribution >= 4 is 27.8 Å². The van der Waals surface area contributed by atoms with Crippen molar-refractivity contribution in [2.24, 2.45) is 0 Å². The van der Waals surface area contributed by atoms with E-state index in [1.807, 2.05) is 18.8 Å². The van der Waals surface area contributed by atoms with Crippen molar-refractivity contribution in [1.82, 2.24) is 30.4 Å². The molecule has 0 fully saturated rings. The van der Waals surface area contributed by atoms with Gasteiger partial charge in [0, 0.05) is 23.8 Å². The molecule has 0 spiro atoms. The van der Waals surface area contributed by atoms with E-state index in [1.165, 1.54) is 22.7 Å². The summed E-state index contributed by atoms with van der Waals surface area (Å²) in [6.07, 6.45) is 3.25. The molecule has 0 amide bonds. The van der Waals surface area contributed by atoms with Gasteiger partial charge in [0.15, 0.2) is 11.9 Å². The minimum Gasteiger partial charge on any atom is -0.571 e. The zero-order valence-electron chi connectivity index (χ0n) is 22.4. The standard InChI is InChI=1S/C13H13P.2C8H5FN3.CH5P.Os/c1-14(12-8-4-2-5-9-12)13-10-6-3-7-11-13;2*9-8-5-7(11-12-8)6-3-1-2-4-10-6;1-2;/h2-11H,1H3;2*1-5H;2H2,1H3;/q;2*-1;;+2/p+1. The molecule has 2 aromatic carbocycles. The summed E-state index contributed by atoms with van der Waals surface area (Å²) < 4.78 is 24.8. The Hall–Kier alpha value is -3.48. The van der Waals surface area contributed by atoms with E-state index in [2.05, 4.69) is 107 Å². The average Bonchev–Trinajstić information content (AvgIpc) is 3.68. The molecule has 11 heteroatoms. The molecule has 0 aliphatic rings. The Balaban J connectivity index is 0.000000207. The maximum absolute atomic E-state index is 12.4. The second-order valence-corrected chi connectivity index (χ2v) is 10.3. The predicted molar refractivity (Wildman–Crippen MR) is 164 cm³/mol. The van der Waals surface area contributed by atoms with Crippen molar-refractivity contribution in [3.8, 4) is 22.8 Å². The van der Waals surface area contributed by atoms with Crippen LogP contribution < -0.4 is 20.8 Å². The third-order valence-electron chi connectivity index (χ3n) is 5.29. The zero-order valence-corrected chi connectivity index (χ0v) is 27.1. The van der Waals surface area contributed by atoms with Gasteiger partial charge in [-0.05, 0) is 60.7 Å². The summed E-state index contributed by atoms with van der Waals surface area (Å²) in [5.41, 5.74) is 2.20. The van der Waals surface area contributed by atoms with Gasteiger partial charge in [0.2, 0.25) is 0 Å². The third kappa shape index (κ3) is 11.1. The fraction of sp³-hybridized carbons (Fsp3) is 0.0667. The molecule has 0 saturated carbocycles. The van der Waals surface area contributed by atoms with Crippen LogP contribution in [0.4, 0.5) is 8.78 Å². The molecule has 6 rings (SSSR count). The number of rotatable bonds is 4. The monoisotopic (exact) mass is 765 g/mol. The summed E-state index contributed by atoms with van der Waals surface area (Å²) in [5.74, 6) is -1.15. The van der Waals surface area contributed by atoms with Crippen molar-refractivity contribution < 1.29 is 28.6 Å². The molecule has 0 aliphatic carbocycles. The van der Waals surface area contributed by atoms with E-state index in [0.717, 1.165) is 0 Å². The average molecular weight is 764 g/mol. The summed E-state index contributed by atoms with van der Waals surface area (Å²) in [5, 5.41) is 16.6. The molecular formula is C30H29F2N6OsP2+. The van der Waals surface area contributed by atoms with E-state index < -0.39 is 19.8 Å². The largest absolute Gasteiger partial charge is 2.00 e. The van der Waals surface area contributed by atoms with E-state index in [-0.39, 0.29) is 19.8 Å². The normalized spacial score (nSPS) is 9.61. The summed E-state index contributed by atoms with van der Waals surface area (Å²) in [6.45, 7) is 4.26. The van der Waals surface area contributed by atoms with Crippen molar-refractivity contribution in [1.29, 1.82) is 0 Å². The minimum absolute atomic E-state index is 0. The van der Waals surface area contributed by atoms with Crippen LogP contribution >= 0.6 is 17.2 Å². The molecule has 41 heavy (non-hydrogen) atoms. The van der Waals surface area contributed by atoms with Gasteiger partial charge in [0.25, 0.3) is 0 Å². The van der Waals surface area contributed by atoms with Crippen molar-refractivity contribution in [3.63, 3.8) is 0 Å². The van der Waals surface area contributed by atoms with Crippen molar-refractivity contribution in [2.45, 2.75) is 0 Å². The molecule has 1 unspecified atom stereocenters. The zero-order chi connectivity index (χ0) is 28.6. The fourth-order valence-corrected chi connectivity index (χ4v) is 5.08. The molecular weight excluding hydrogens is 735 g/mol. The molecule has 6 aromatic rings. The summed E-state index contributed by atoms with van der Waals surface area (Å²) >= 11 is 0. The Labute approximate surface area is 255 Å². The maximum atomic E-state index is 12.4. The molecule has 0 aliphatic heterocycles. The number of benzene rings is 2. The Morgan fingerprint density at radius 1 is 0.585 bits per heavy atom. The number of halogens is 2. The number of hydrogen-bond acceptors (Lipinski definition) is 4. The van der Waals surface area contributed by atoms with Crippen LogP contribution in [-0.2, 0) is 19.8 Å². The topological polar surface area (TPSA) is 79.8 Å². The van der Waals surface area contributed by atoms with E-state index >= 15 is 0 Å². The Kier molecular flexibility index (Phi) is 15.5. The fourth-order valence-electron chi connectivity index (χ4n) is 3.37. The summed E-state index contributed by atoms with van der Waals surface area (Å²) in [4.78, 5) is 7.99. The van der Waals surface area contributed by atoms with Crippen LogP contribution in [0, 0.1) is 11.9 Å². The van der Waals surface area contributed by atoms with Crippen LogP contribution in [0.5, 0.6) is 0 Å². The van der Waals surface area contributed by atoms with Gasteiger partial charge < -0.3 is 20.4 Å². The van der Waals surface area contributed by atoms with Gasteiger partial charge >= 0.3 is 19.8 Å². The Bertz CT molecular complexity index is 1390. The van der Waals surface area contributed by atoms with Gasteiger partial charge in [-0.15, -0.1) is 9.24 Å². The third-order valence-corrected chi connectivity index (χ3v) is 7.69. The first-order valence-corrected chi connectivity index (χ1v) is 15.4. The van der Waals surface area contributed by atoms with Gasteiger partial charge in [-0.3, -0.25) is 9.97 Å². The van der Waals surface area contributed by atoms with E-state index in [1.54, 1.807) is 36.7 Å². The van der Waals surface area contributed by atoms with Crippen LogP contribution in [0.15, 0.2) is 122 Å². The molecule has 0 N–H and O–H groups in total. The SMILES string of the molecule is CP.C[PH+](c1ccccc1)c1ccccc1.Fc1cc(-c2ccccn2)[n-]n1.Fc1cc(-c2ccccn2)[n-]n1.[Os+2]. The van der Waals surface area contributed by atoms with E-state index in [4.69, 9.17) is 0 Å². The van der Waals surface area contributed by atoms with E-state index in [9.17, 15) is 8.78 Å². The number of aromatic nitrogens is 6. The number of hydrogen-bond donors (Lipinski definition) is 0. The predicted octanol–water partition coefficient (Wildman–Crippen LogP) is 5.45. The minimum atomic E-state index is -0.573. The first-order chi connectivity index (χ1) is 19.6. The van der Waals surface area contributed by atoms with Crippen LogP contribution in [0.1, 0.15) is 0 Å². The van der Waals surface area contributed by atoms with Crippen LogP contribution in [-0.4, -0.2) is 33.5 Å². The van der Waals surface area contributed by atoms with Crippen LogP contribution in [0.3, 0.4) is 0 Å². The smallest absolute Gasteiger partial charge is 0.571 e. The Morgan fingerprint density at radius 3 is 1.24 bits per heavy atom. The first kappa shape index (κ1) is 33.7. The second-order valence-electron chi connectivity index (χ2n) is 7.89. The molecule has 210 valence electrons. The van der Waals surface area contributed by atoms with Crippen molar-refractivity contribution in [3.05, 3.63) is 133 Å². The number of nitrogens with zero attached hydrogens (tertiary/aromatic N) is 6. The summed E-state index contributed by atoms with van der Waals surface area (Å²) in [7, 11) is 1.87. The molecule has 0 bridgehead atoms. The molecule has 1 atom stereocenters. The summed E-state index contributed by atoms with van der Waals surface area (Å²) in [6, 6.07) is 34.7. The van der Waals surface area contributed by atoms with Gasteiger partial charge in [0.1, 0.15) is 0 Å². The van der Waals surface area contributed by atoms with E-state index in [0.29, 0.717) is 22.8 Å². The first-order valence-electron chi connectivity index (χ1n) is 12.3. The quantitative estimate of drug-likeness (QED) is 0.223. The Morgan fingerprint density at radius 2 is 0.951 bits per heavy atom. The molecule has 4 aromatic heterocycles. The van der Waals surface area contributed by atoms with Gasteiger partial charge in [-0.25, -0.2) is 0 Å². The van der Waals surface area contributed by atoms with Gasteiger partial charge in [-0.2, -0.15) is 8.78 Å². The number of pyridine rings is 2. The van der Waals surface area contributed by atoms with Gasteiger partial charge in [-0.1, -0.05) is 66.6 Å². The second kappa shape index (κ2) is 18.8. The van der Waals surface area contributed by atoms with Crippen LogP contribution in [0.25, 0.3) is 22.8 Å². The van der Waals surface area contributed by atoms with Gasteiger partial charge in [0.05, 0.1) is 25.2 Å². The molecule has 4 heterocycles. The maximum Gasteiger partial charge on any atom is 2.00 e.